The minimum atomic E-state index is -4.31. The van der Waals surface area contributed by atoms with Crippen LogP contribution < -0.4 is 10.5 Å². The third-order valence-electron chi connectivity index (χ3n) is 2.41. The molecule has 0 unspecified atom stereocenters. The summed E-state index contributed by atoms with van der Waals surface area (Å²) in [5, 5.41) is 6.12. The van der Waals surface area contributed by atoms with Gasteiger partial charge < -0.3 is 5.73 Å². The van der Waals surface area contributed by atoms with Gasteiger partial charge in [0.05, 0.1) is 0 Å². The van der Waals surface area contributed by atoms with E-state index >= 15 is 0 Å². The number of aromatic amines is 1. The zero-order chi connectivity index (χ0) is 14.8. The average molecular weight is 303 g/mol. The molecule has 0 spiro atoms. The number of hydrogen-bond donors (Lipinski definition) is 3. The molecule has 4 N–H and O–H groups in total. The highest BCUT2D eigenvalue weighted by Gasteiger charge is 2.24. The molecule has 0 aliphatic rings. The van der Waals surface area contributed by atoms with Crippen molar-refractivity contribution in [2.75, 3.05) is 12.3 Å². The molecule has 0 aliphatic heterocycles. The van der Waals surface area contributed by atoms with Crippen molar-refractivity contribution in [2.45, 2.75) is 11.3 Å². The zero-order valence-electron chi connectivity index (χ0n) is 10.1. The number of nitrogen functional groups attached to an aromatic ring is 1. The van der Waals surface area contributed by atoms with E-state index in [2.05, 4.69) is 19.9 Å². The Morgan fingerprint density at radius 2 is 1.95 bits per heavy atom. The van der Waals surface area contributed by atoms with Crippen molar-refractivity contribution in [3.63, 3.8) is 0 Å². The van der Waals surface area contributed by atoms with Crippen LogP contribution in [-0.2, 0) is 16.4 Å². The Labute approximate surface area is 113 Å². The summed E-state index contributed by atoms with van der Waals surface area (Å²) in [6, 6.07) is 1.49. The molecule has 0 fully saturated rings. The maximum Gasteiger partial charge on any atom is 0.246 e. The molecule has 20 heavy (non-hydrogen) atoms. The summed E-state index contributed by atoms with van der Waals surface area (Å²) in [7, 11) is -4.31. The van der Waals surface area contributed by atoms with E-state index in [-0.39, 0.29) is 18.7 Å². The van der Waals surface area contributed by atoms with E-state index in [9.17, 15) is 17.2 Å². The van der Waals surface area contributed by atoms with Crippen LogP contribution in [-0.4, -0.2) is 30.1 Å². The molecule has 1 heterocycles. The molecule has 0 saturated carbocycles. The van der Waals surface area contributed by atoms with Crippen molar-refractivity contribution in [3.05, 3.63) is 35.9 Å². The summed E-state index contributed by atoms with van der Waals surface area (Å²) in [5.74, 6) is -2.03. The van der Waals surface area contributed by atoms with E-state index in [1.165, 1.54) is 6.33 Å². The van der Waals surface area contributed by atoms with Gasteiger partial charge in [-0.15, -0.1) is 0 Å². The fraction of sp³-hybridized carbons (Fsp3) is 0.200. The van der Waals surface area contributed by atoms with Crippen molar-refractivity contribution in [1.82, 2.24) is 19.9 Å². The molecule has 108 valence electrons. The lowest BCUT2D eigenvalue weighted by Crippen LogP contribution is -2.28. The van der Waals surface area contributed by atoms with Crippen LogP contribution in [0.3, 0.4) is 0 Å². The number of benzene rings is 1. The highest BCUT2D eigenvalue weighted by atomic mass is 32.2. The maximum atomic E-state index is 13.5. The predicted molar refractivity (Wildman–Crippen MR) is 66.0 cm³/mol. The monoisotopic (exact) mass is 303 g/mol. The van der Waals surface area contributed by atoms with Crippen molar-refractivity contribution in [3.8, 4) is 0 Å². The standard InChI is InChI=1S/C10H11F2N5O2S/c11-7-3-6(13)4-8(12)10(7)20(18,19)16-2-1-9-14-5-15-17-9/h3-5,16H,1-2,13H2,(H,14,15,17). The maximum absolute atomic E-state index is 13.5. The Morgan fingerprint density at radius 3 is 2.50 bits per heavy atom. The molecule has 0 aliphatic carbocycles. The minimum absolute atomic E-state index is 0.0826. The first-order valence-electron chi connectivity index (χ1n) is 5.48. The Kier molecular flexibility index (Phi) is 3.95. The predicted octanol–water partition coefficient (Wildman–Crippen LogP) is 0.186. The van der Waals surface area contributed by atoms with Crippen LogP contribution in [0.1, 0.15) is 5.82 Å². The SMILES string of the molecule is Nc1cc(F)c(S(=O)(=O)NCCc2ncn[nH]2)c(F)c1. The van der Waals surface area contributed by atoms with Gasteiger partial charge in [-0.25, -0.2) is 26.9 Å². The third kappa shape index (κ3) is 3.08. The van der Waals surface area contributed by atoms with Crippen LogP contribution in [0, 0.1) is 11.6 Å². The largest absolute Gasteiger partial charge is 0.399 e. The highest BCUT2D eigenvalue weighted by Crippen LogP contribution is 2.21. The lowest BCUT2D eigenvalue weighted by Gasteiger charge is -2.08. The van der Waals surface area contributed by atoms with E-state index in [4.69, 9.17) is 5.73 Å². The number of sulfonamides is 1. The molecular formula is C10H11F2N5O2S. The molecule has 1 aromatic heterocycles. The quantitative estimate of drug-likeness (QED) is 0.682. The first kappa shape index (κ1) is 14.3. The van der Waals surface area contributed by atoms with Gasteiger partial charge in [0, 0.05) is 18.7 Å². The van der Waals surface area contributed by atoms with Gasteiger partial charge in [0.2, 0.25) is 10.0 Å². The number of anilines is 1. The second-order valence-electron chi connectivity index (χ2n) is 3.89. The minimum Gasteiger partial charge on any atom is -0.399 e. The van der Waals surface area contributed by atoms with Gasteiger partial charge in [-0.2, -0.15) is 5.10 Å². The smallest absolute Gasteiger partial charge is 0.246 e. The lowest BCUT2D eigenvalue weighted by molar-refractivity contribution is 0.515. The Bertz CT molecular complexity index is 679. The zero-order valence-corrected chi connectivity index (χ0v) is 10.9. The van der Waals surface area contributed by atoms with Crippen LogP contribution >= 0.6 is 0 Å². The molecular weight excluding hydrogens is 292 g/mol. The summed E-state index contributed by atoms with van der Waals surface area (Å²) < 4.78 is 52.8. The summed E-state index contributed by atoms with van der Waals surface area (Å²) in [6.45, 7) is -0.0826. The van der Waals surface area contributed by atoms with Crippen molar-refractivity contribution in [1.29, 1.82) is 0 Å². The second-order valence-corrected chi connectivity index (χ2v) is 5.60. The number of rotatable bonds is 5. The molecule has 0 amide bonds. The van der Waals surface area contributed by atoms with Gasteiger partial charge in [-0.05, 0) is 12.1 Å². The lowest BCUT2D eigenvalue weighted by atomic mass is 10.3. The van der Waals surface area contributed by atoms with Crippen molar-refractivity contribution in [2.24, 2.45) is 0 Å². The van der Waals surface area contributed by atoms with Gasteiger partial charge in [-0.3, -0.25) is 5.10 Å². The van der Waals surface area contributed by atoms with Gasteiger partial charge in [0.1, 0.15) is 23.8 Å². The second kappa shape index (κ2) is 5.51. The number of nitrogens with two attached hydrogens (primary N) is 1. The number of H-pyrrole nitrogens is 1. The normalized spacial score (nSPS) is 11.7. The van der Waals surface area contributed by atoms with E-state index in [0.717, 1.165) is 12.1 Å². The van der Waals surface area contributed by atoms with Crippen LogP contribution in [0.25, 0.3) is 0 Å². The van der Waals surface area contributed by atoms with Crippen molar-refractivity contribution >= 4 is 15.7 Å². The number of nitrogens with zero attached hydrogens (tertiary/aromatic N) is 2. The Balaban J connectivity index is 2.14. The van der Waals surface area contributed by atoms with Crippen molar-refractivity contribution < 1.29 is 17.2 Å². The topological polar surface area (TPSA) is 114 Å². The number of halogens is 2. The van der Waals surface area contributed by atoms with Gasteiger partial charge in [0.25, 0.3) is 0 Å². The molecule has 7 nitrogen and oxygen atoms in total. The fourth-order valence-corrected chi connectivity index (χ4v) is 2.71. The Hall–Kier alpha value is -2.07. The molecule has 0 saturated heterocycles. The van der Waals surface area contributed by atoms with Gasteiger partial charge >= 0.3 is 0 Å². The molecule has 0 bridgehead atoms. The van der Waals surface area contributed by atoms with Crippen LogP contribution in [0.2, 0.25) is 0 Å². The molecule has 10 heteroatoms. The summed E-state index contributed by atoms with van der Waals surface area (Å²) in [5.41, 5.74) is 5.03. The molecule has 0 atom stereocenters. The first-order chi connectivity index (χ1) is 9.40. The van der Waals surface area contributed by atoms with E-state index in [0.29, 0.717) is 5.82 Å². The van der Waals surface area contributed by atoms with Crippen LogP contribution in [0.5, 0.6) is 0 Å². The highest BCUT2D eigenvalue weighted by molar-refractivity contribution is 7.89. The van der Waals surface area contributed by atoms with Crippen LogP contribution in [0.4, 0.5) is 14.5 Å². The molecule has 2 rings (SSSR count). The first-order valence-corrected chi connectivity index (χ1v) is 6.97. The number of aromatic nitrogens is 3. The van der Waals surface area contributed by atoms with E-state index in [1.807, 2.05) is 0 Å². The number of nitrogens with one attached hydrogen (secondary N) is 2. The summed E-state index contributed by atoms with van der Waals surface area (Å²) in [4.78, 5) is 2.74. The average Bonchev–Trinajstić information content (AvgIpc) is 2.79. The molecule has 1 aromatic carbocycles. The summed E-state index contributed by atoms with van der Waals surface area (Å²) >= 11 is 0. The van der Waals surface area contributed by atoms with Gasteiger partial charge in [-0.1, -0.05) is 0 Å². The number of hydrogen-bond acceptors (Lipinski definition) is 5. The third-order valence-corrected chi connectivity index (χ3v) is 3.92. The summed E-state index contributed by atoms with van der Waals surface area (Å²) in [6.07, 6.45) is 1.47. The van der Waals surface area contributed by atoms with Gasteiger partial charge in [0.15, 0.2) is 4.90 Å². The fourth-order valence-electron chi connectivity index (χ4n) is 1.56. The van der Waals surface area contributed by atoms with E-state index in [1.54, 1.807) is 0 Å². The Morgan fingerprint density at radius 1 is 1.30 bits per heavy atom. The molecule has 2 aromatic rings. The molecule has 0 radical (unpaired) electrons. The van der Waals surface area contributed by atoms with Crippen LogP contribution in [0.15, 0.2) is 23.4 Å². The van der Waals surface area contributed by atoms with E-state index < -0.39 is 26.6 Å².